The number of halogens is 1. The number of hydrogen-bond acceptors (Lipinski definition) is 7. The summed E-state index contributed by atoms with van der Waals surface area (Å²) in [5.74, 6) is 4.01. The standard InChI is InChI=1S/C31H38N3O5.ClH/c35-31(23-7-3-1-4-8-23,24-9-5-2-6-10-24)30-32-29(39-33-30)21-34-15-13-22(14-16-34)28(20-34)38-25-11-12-26-27(19-25)37-18-17-36-26;/h1,3-4,7-8,11-12,19,22,24,28,35H,2,5-6,9-10,13-18,20-21H2;1H/q+1;/p-1/t22?,28-,31-,34?;/m0./s1. The summed E-state index contributed by atoms with van der Waals surface area (Å²) in [6.07, 6.45) is 7.76. The fourth-order valence-corrected chi connectivity index (χ4v) is 7.37. The molecule has 9 heteroatoms. The molecule has 5 aliphatic rings. The van der Waals surface area contributed by atoms with Gasteiger partial charge in [0.05, 0.1) is 13.1 Å². The topological polar surface area (TPSA) is 86.8 Å². The summed E-state index contributed by atoms with van der Waals surface area (Å²) in [7, 11) is 0. The number of piperidine rings is 3. The summed E-state index contributed by atoms with van der Waals surface area (Å²) < 4.78 is 24.7. The van der Waals surface area contributed by atoms with Crippen LogP contribution >= 0.6 is 0 Å². The number of quaternary nitrogens is 1. The second-order valence-corrected chi connectivity index (χ2v) is 11.9. The van der Waals surface area contributed by atoms with Crippen molar-refractivity contribution in [3.63, 3.8) is 0 Å². The number of benzene rings is 2. The minimum Gasteiger partial charge on any atom is -1.00 e. The Morgan fingerprint density at radius 3 is 2.45 bits per heavy atom. The number of fused-ring (bicyclic) bond motifs is 4. The van der Waals surface area contributed by atoms with E-state index in [0.717, 1.165) is 85.5 Å². The lowest BCUT2D eigenvalue weighted by molar-refractivity contribution is -0.959. The predicted molar refractivity (Wildman–Crippen MR) is 143 cm³/mol. The molecular weight excluding hydrogens is 530 g/mol. The molecule has 4 aliphatic heterocycles. The third kappa shape index (κ3) is 5.06. The van der Waals surface area contributed by atoms with Gasteiger partial charge >= 0.3 is 0 Å². The van der Waals surface area contributed by atoms with Gasteiger partial charge in [-0.05, 0) is 36.5 Å². The highest BCUT2D eigenvalue weighted by molar-refractivity contribution is 5.46. The molecule has 0 amide bonds. The van der Waals surface area contributed by atoms with Gasteiger partial charge in [0.1, 0.15) is 25.5 Å². The molecule has 0 spiro atoms. The Balaban J connectivity index is 0.00000289. The summed E-state index contributed by atoms with van der Waals surface area (Å²) in [6.45, 7) is 4.87. The maximum Gasteiger partial charge on any atom is 0.282 e. The smallest absolute Gasteiger partial charge is 0.282 e. The fraction of sp³-hybridized carbons (Fsp3) is 0.548. The Morgan fingerprint density at radius 2 is 1.68 bits per heavy atom. The molecule has 0 radical (unpaired) electrons. The second-order valence-electron chi connectivity index (χ2n) is 11.9. The first kappa shape index (κ1) is 27.4. The number of ether oxygens (including phenoxy) is 3. The molecule has 214 valence electrons. The van der Waals surface area contributed by atoms with Gasteiger partial charge in [-0.1, -0.05) is 54.8 Å². The minimum absolute atomic E-state index is 0. The van der Waals surface area contributed by atoms with Crippen LogP contribution in [0.25, 0.3) is 0 Å². The van der Waals surface area contributed by atoms with Crippen LogP contribution < -0.4 is 26.6 Å². The molecule has 1 aliphatic carbocycles. The molecule has 2 atom stereocenters. The summed E-state index contributed by atoms with van der Waals surface area (Å²) >= 11 is 0. The van der Waals surface area contributed by atoms with Crippen molar-refractivity contribution >= 4 is 0 Å². The van der Waals surface area contributed by atoms with Crippen molar-refractivity contribution in [1.29, 1.82) is 0 Å². The molecule has 3 aromatic rings. The first-order valence-corrected chi connectivity index (χ1v) is 14.6. The van der Waals surface area contributed by atoms with Crippen LogP contribution in [0.1, 0.15) is 62.2 Å². The van der Waals surface area contributed by atoms with Gasteiger partial charge in [-0.2, -0.15) is 4.98 Å². The van der Waals surface area contributed by atoms with Crippen molar-refractivity contribution in [2.45, 2.75) is 63.2 Å². The lowest BCUT2D eigenvalue weighted by atomic mass is 9.73. The van der Waals surface area contributed by atoms with Gasteiger partial charge < -0.3 is 40.7 Å². The molecule has 1 saturated carbocycles. The third-order valence-electron chi connectivity index (χ3n) is 9.53. The quantitative estimate of drug-likeness (QED) is 0.436. The van der Waals surface area contributed by atoms with Crippen LogP contribution in [0.5, 0.6) is 17.2 Å². The van der Waals surface area contributed by atoms with Crippen molar-refractivity contribution in [2.75, 3.05) is 32.8 Å². The highest BCUT2D eigenvalue weighted by atomic mass is 35.5. The largest absolute Gasteiger partial charge is 1.00 e. The molecule has 4 fully saturated rings. The van der Waals surface area contributed by atoms with Gasteiger partial charge in [-0.15, -0.1) is 0 Å². The van der Waals surface area contributed by atoms with E-state index in [1.54, 1.807) is 0 Å². The average molecular weight is 568 g/mol. The van der Waals surface area contributed by atoms with E-state index >= 15 is 0 Å². The Morgan fingerprint density at radius 1 is 0.925 bits per heavy atom. The zero-order valence-electron chi connectivity index (χ0n) is 22.8. The molecule has 5 heterocycles. The lowest BCUT2D eigenvalue weighted by Crippen LogP contribution is -3.00. The number of nitrogens with zero attached hydrogens (tertiary/aromatic N) is 3. The Labute approximate surface area is 241 Å². The van der Waals surface area contributed by atoms with E-state index in [1.807, 2.05) is 48.5 Å². The van der Waals surface area contributed by atoms with Gasteiger partial charge in [-0.3, -0.25) is 0 Å². The first-order chi connectivity index (χ1) is 19.1. The molecule has 0 unspecified atom stereocenters. The molecular formula is C31H38ClN3O5. The predicted octanol–water partition coefficient (Wildman–Crippen LogP) is 1.85. The van der Waals surface area contributed by atoms with Gasteiger partial charge in [0, 0.05) is 24.8 Å². The van der Waals surface area contributed by atoms with Crippen molar-refractivity contribution in [2.24, 2.45) is 11.8 Å². The number of hydrogen-bond donors (Lipinski definition) is 1. The van der Waals surface area contributed by atoms with Crippen LogP contribution in [0, 0.1) is 11.8 Å². The molecule has 40 heavy (non-hydrogen) atoms. The van der Waals surface area contributed by atoms with E-state index in [-0.39, 0.29) is 24.4 Å². The molecule has 8 nitrogen and oxygen atoms in total. The Hall–Kier alpha value is -2.81. The molecule has 2 bridgehead atoms. The van der Waals surface area contributed by atoms with E-state index in [1.165, 1.54) is 6.42 Å². The Kier molecular flexibility index (Phi) is 7.68. The summed E-state index contributed by atoms with van der Waals surface area (Å²) in [6, 6.07) is 15.8. The van der Waals surface area contributed by atoms with Crippen molar-refractivity contribution in [3.8, 4) is 17.2 Å². The first-order valence-electron chi connectivity index (χ1n) is 14.6. The van der Waals surface area contributed by atoms with E-state index in [4.69, 9.17) is 23.7 Å². The molecule has 2 aromatic carbocycles. The van der Waals surface area contributed by atoms with Crippen LogP contribution in [0.2, 0.25) is 0 Å². The summed E-state index contributed by atoms with van der Waals surface area (Å²) in [5, 5.41) is 16.6. The average Bonchev–Trinajstić information content (AvgIpc) is 3.46. The number of rotatable bonds is 7. The van der Waals surface area contributed by atoms with Crippen molar-refractivity contribution in [1.82, 2.24) is 10.1 Å². The van der Waals surface area contributed by atoms with Crippen LogP contribution in [0.4, 0.5) is 0 Å². The normalized spacial score (nSPS) is 27.4. The van der Waals surface area contributed by atoms with Crippen molar-refractivity contribution in [3.05, 3.63) is 65.8 Å². The summed E-state index contributed by atoms with van der Waals surface area (Å²) in [5.41, 5.74) is -0.384. The van der Waals surface area contributed by atoms with E-state index in [9.17, 15) is 5.11 Å². The van der Waals surface area contributed by atoms with E-state index in [0.29, 0.717) is 37.4 Å². The number of aromatic nitrogens is 2. The lowest BCUT2D eigenvalue weighted by Gasteiger charge is -2.51. The fourth-order valence-electron chi connectivity index (χ4n) is 7.37. The zero-order chi connectivity index (χ0) is 26.3. The number of aliphatic hydroxyl groups is 1. The second kappa shape index (κ2) is 11.2. The van der Waals surface area contributed by atoms with E-state index < -0.39 is 5.60 Å². The van der Waals surface area contributed by atoms with Crippen LogP contribution in [-0.4, -0.2) is 58.7 Å². The van der Waals surface area contributed by atoms with E-state index in [2.05, 4.69) is 5.16 Å². The van der Waals surface area contributed by atoms with Gasteiger partial charge in [0.15, 0.2) is 29.7 Å². The third-order valence-corrected chi connectivity index (χ3v) is 9.53. The monoisotopic (exact) mass is 567 g/mol. The van der Waals surface area contributed by atoms with Gasteiger partial charge in [0.2, 0.25) is 5.82 Å². The Bertz CT molecular complexity index is 1290. The molecule has 8 rings (SSSR count). The van der Waals surface area contributed by atoms with Gasteiger partial charge in [0.25, 0.3) is 5.89 Å². The van der Waals surface area contributed by atoms with Crippen LogP contribution in [0.3, 0.4) is 0 Å². The molecule has 1 N–H and O–H groups in total. The molecule has 1 aromatic heterocycles. The van der Waals surface area contributed by atoms with Gasteiger partial charge in [-0.25, -0.2) is 0 Å². The minimum atomic E-state index is -1.23. The highest BCUT2D eigenvalue weighted by Crippen LogP contribution is 2.44. The zero-order valence-corrected chi connectivity index (χ0v) is 23.6. The van der Waals surface area contributed by atoms with Crippen LogP contribution in [0.15, 0.2) is 53.1 Å². The van der Waals surface area contributed by atoms with Crippen molar-refractivity contribution < 1.29 is 40.7 Å². The highest BCUT2D eigenvalue weighted by Gasteiger charge is 2.49. The molecule has 3 saturated heterocycles. The maximum atomic E-state index is 12.2. The maximum absolute atomic E-state index is 12.2. The van der Waals surface area contributed by atoms with Crippen LogP contribution in [-0.2, 0) is 12.1 Å². The SMILES string of the molecule is O[C@](c1ccccc1)(c1noc(C[N+]23CCC(CC2)[C@@H](Oc2ccc4c(c2)OCCO4)C3)n1)C1CCCCC1.[Cl-]. The summed E-state index contributed by atoms with van der Waals surface area (Å²) in [4.78, 5) is 4.88.